The number of aromatic hydroxyl groups is 1. The smallest absolute Gasteiger partial charge is 0.341 e. The van der Waals surface area contributed by atoms with Crippen molar-refractivity contribution < 1.29 is 9.90 Å². The van der Waals surface area contributed by atoms with Crippen LogP contribution >= 0.6 is 22.9 Å². The molecule has 0 fully saturated rings. The predicted molar refractivity (Wildman–Crippen MR) is 105 cm³/mol. The Morgan fingerprint density at radius 3 is 2.77 bits per heavy atom. The van der Waals surface area contributed by atoms with Crippen LogP contribution < -0.4 is 10.7 Å². The lowest BCUT2D eigenvalue weighted by Gasteiger charge is -2.05. The van der Waals surface area contributed by atoms with Crippen LogP contribution in [0.15, 0.2) is 59.0 Å². The Morgan fingerprint density at radius 2 is 2.00 bits per heavy atom. The first-order valence-corrected chi connectivity index (χ1v) is 8.90. The highest BCUT2D eigenvalue weighted by Gasteiger charge is 2.09. The molecule has 1 aromatic heterocycles. The molecule has 8 heteroatoms. The summed E-state index contributed by atoms with van der Waals surface area (Å²) < 4.78 is 0. The van der Waals surface area contributed by atoms with E-state index in [1.54, 1.807) is 19.1 Å². The van der Waals surface area contributed by atoms with Crippen LogP contribution in [0.5, 0.6) is 5.75 Å². The highest BCUT2D eigenvalue weighted by Crippen LogP contribution is 2.24. The fourth-order valence-electron chi connectivity index (χ4n) is 2.19. The minimum Gasteiger partial charge on any atom is -0.507 e. The normalized spacial score (nSPS) is 11.2. The van der Waals surface area contributed by atoms with E-state index in [9.17, 15) is 9.90 Å². The van der Waals surface area contributed by atoms with Gasteiger partial charge in [0.1, 0.15) is 5.75 Å². The number of phenolic OH excluding ortho intramolecular Hbond substituents is 1. The number of nitrogens with one attached hydrogen (secondary N) is 2. The van der Waals surface area contributed by atoms with Gasteiger partial charge in [-0.1, -0.05) is 41.9 Å². The number of carbonyl (C=O) groups is 1. The van der Waals surface area contributed by atoms with Crippen LogP contribution in [-0.2, 0) is 0 Å². The average molecular weight is 387 g/mol. The molecule has 3 N–H and O–H groups in total. The van der Waals surface area contributed by atoms with Gasteiger partial charge in [0, 0.05) is 21.5 Å². The van der Waals surface area contributed by atoms with Gasteiger partial charge in [0.2, 0.25) is 0 Å². The van der Waals surface area contributed by atoms with E-state index < -0.39 is 6.03 Å². The molecule has 0 bridgehead atoms. The van der Waals surface area contributed by atoms with Gasteiger partial charge in [0.05, 0.1) is 11.4 Å². The summed E-state index contributed by atoms with van der Waals surface area (Å²) in [5.41, 5.74) is 5.00. The van der Waals surface area contributed by atoms with Gasteiger partial charge >= 0.3 is 6.03 Å². The van der Waals surface area contributed by atoms with Crippen molar-refractivity contribution in [1.29, 1.82) is 0 Å². The minimum atomic E-state index is -0.528. The predicted octanol–water partition coefficient (Wildman–Crippen LogP) is 4.71. The van der Waals surface area contributed by atoms with Crippen molar-refractivity contribution in [2.45, 2.75) is 6.92 Å². The number of nitrogens with zero attached hydrogens (tertiary/aromatic N) is 2. The number of anilines is 1. The van der Waals surface area contributed by atoms with Gasteiger partial charge < -0.3 is 5.11 Å². The number of halogens is 1. The summed E-state index contributed by atoms with van der Waals surface area (Å²) in [5, 5.41) is 19.2. The van der Waals surface area contributed by atoms with E-state index in [0.717, 1.165) is 11.3 Å². The first-order valence-electron chi connectivity index (χ1n) is 7.64. The highest BCUT2D eigenvalue weighted by atomic mass is 35.5. The summed E-state index contributed by atoms with van der Waals surface area (Å²) in [4.78, 5) is 16.4. The van der Waals surface area contributed by atoms with Crippen LogP contribution in [-0.4, -0.2) is 21.8 Å². The Balaban J connectivity index is 1.64. The molecule has 2 aromatic carbocycles. The number of rotatable bonds is 4. The summed E-state index contributed by atoms with van der Waals surface area (Å²) in [6.07, 6.45) is 0. The van der Waals surface area contributed by atoms with E-state index >= 15 is 0 Å². The summed E-state index contributed by atoms with van der Waals surface area (Å²) in [7, 11) is 0. The molecule has 0 unspecified atom stereocenters. The van der Waals surface area contributed by atoms with Crippen molar-refractivity contribution in [2.75, 3.05) is 5.32 Å². The van der Waals surface area contributed by atoms with Crippen LogP contribution in [0.25, 0.3) is 11.3 Å². The molecule has 0 atom stereocenters. The molecule has 6 nitrogen and oxygen atoms in total. The molecule has 1 heterocycles. The second kappa shape index (κ2) is 7.99. The van der Waals surface area contributed by atoms with Crippen LogP contribution in [0, 0.1) is 0 Å². The Kier molecular flexibility index (Phi) is 5.50. The fraction of sp³-hybridized carbons (Fsp3) is 0.0556. The molecule has 0 saturated carbocycles. The zero-order valence-corrected chi connectivity index (χ0v) is 15.3. The minimum absolute atomic E-state index is 0.0327. The van der Waals surface area contributed by atoms with Gasteiger partial charge in [0.15, 0.2) is 5.13 Å². The van der Waals surface area contributed by atoms with E-state index in [4.69, 9.17) is 11.6 Å². The van der Waals surface area contributed by atoms with Crippen LogP contribution in [0.1, 0.15) is 12.5 Å². The van der Waals surface area contributed by atoms with Crippen molar-refractivity contribution in [3.05, 3.63) is 64.5 Å². The summed E-state index contributed by atoms with van der Waals surface area (Å²) in [6, 6.07) is 13.8. The van der Waals surface area contributed by atoms with E-state index in [-0.39, 0.29) is 5.75 Å². The molecule has 26 heavy (non-hydrogen) atoms. The van der Waals surface area contributed by atoms with Gasteiger partial charge in [-0.3, -0.25) is 5.32 Å². The molecule has 3 aromatic rings. The van der Waals surface area contributed by atoms with Crippen molar-refractivity contribution >= 4 is 39.8 Å². The molecule has 3 rings (SSSR count). The Morgan fingerprint density at radius 1 is 1.23 bits per heavy atom. The van der Waals surface area contributed by atoms with Gasteiger partial charge in [-0.2, -0.15) is 5.10 Å². The largest absolute Gasteiger partial charge is 0.507 e. The summed E-state index contributed by atoms with van der Waals surface area (Å²) in [6.45, 7) is 1.66. The number of urea groups is 1. The summed E-state index contributed by atoms with van der Waals surface area (Å²) >= 11 is 7.23. The third-order valence-electron chi connectivity index (χ3n) is 3.47. The molecule has 0 spiro atoms. The average Bonchev–Trinajstić information content (AvgIpc) is 3.11. The van der Waals surface area contributed by atoms with E-state index in [2.05, 4.69) is 20.8 Å². The zero-order valence-electron chi connectivity index (χ0n) is 13.7. The zero-order chi connectivity index (χ0) is 18.5. The van der Waals surface area contributed by atoms with Gasteiger partial charge in [-0.25, -0.2) is 15.2 Å². The van der Waals surface area contributed by atoms with E-state index in [1.165, 1.54) is 17.4 Å². The number of carbonyl (C=O) groups excluding carboxylic acids is 1. The molecule has 0 aliphatic heterocycles. The van der Waals surface area contributed by atoms with Crippen molar-refractivity contribution in [3.63, 3.8) is 0 Å². The number of phenols is 1. The molecule has 0 saturated heterocycles. The monoisotopic (exact) mass is 386 g/mol. The SMILES string of the molecule is C/C(=N\NC(=O)Nc1nc(-c2ccccc2)cs1)c1cc(Cl)ccc1O. The number of hydrazone groups is 1. The van der Waals surface area contributed by atoms with Crippen molar-refractivity contribution in [1.82, 2.24) is 10.4 Å². The molecular weight excluding hydrogens is 372 g/mol. The Bertz CT molecular complexity index is 957. The van der Waals surface area contributed by atoms with Gasteiger partial charge in [0.25, 0.3) is 0 Å². The first kappa shape index (κ1) is 17.9. The number of amides is 2. The maximum absolute atomic E-state index is 12.0. The quantitative estimate of drug-likeness (QED) is 0.448. The van der Waals surface area contributed by atoms with E-state index in [1.807, 2.05) is 35.7 Å². The molecular formula is C18H15ClN4O2S. The van der Waals surface area contributed by atoms with Crippen LogP contribution in [0.2, 0.25) is 5.02 Å². The van der Waals surface area contributed by atoms with Crippen molar-refractivity contribution in [2.24, 2.45) is 5.10 Å². The van der Waals surface area contributed by atoms with E-state index in [0.29, 0.717) is 21.4 Å². The third kappa shape index (κ3) is 4.38. The van der Waals surface area contributed by atoms with Crippen molar-refractivity contribution in [3.8, 4) is 17.0 Å². The first-order chi connectivity index (χ1) is 12.5. The molecule has 132 valence electrons. The third-order valence-corrected chi connectivity index (χ3v) is 4.46. The lowest BCUT2D eigenvalue weighted by Crippen LogP contribution is -2.25. The number of aromatic nitrogens is 1. The van der Waals surface area contributed by atoms with Gasteiger partial charge in [-0.05, 0) is 25.1 Å². The molecule has 2 amide bonds. The fourth-order valence-corrected chi connectivity index (χ4v) is 3.08. The number of hydrogen-bond acceptors (Lipinski definition) is 5. The molecule has 0 aliphatic carbocycles. The molecule has 0 radical (unpaired) electrons. The van der Waals surface area contributed by atoms with Crippen LogP contribution in [0.3, 0.4) is 0 Å². The number of hydrogen-bond donors (Lipinski definition) is 3. The standard InChI is InChI=1S/C18H15ClN4O2S/c1-11(14-9-13(19)7-8-16(14)24)22-23-17(25)21-18-20-15(10-26-18)12-5-3-2-4-6-12/h2-10,24H,1H3,(H2,20,21,23,25)/b22-11+. The topological polar surface area (TPSA) is 86.6 Å². The second-order valence-corrected chi connectivity index (χ2v) is 6.62. The maximum atomic E-state index is 12.0. The lowest BCUT2D eigenvalue weighted by atomic mass is 10.1. The Labute approximate surface area is 159 Å². The van der Waals surface area contributed by atoms with Gasteiger partial charge in [-0.15, -0.1) is 11.3 Å². The highest BCUT2D eigenvalue weighted by molar-refractivity contribution is 7.14. The maximum Gasteiger partial charge on any atom is 0.341 e. The number of thiazole rings is 1. The number of benzene rings is 2. The van der Waals surface area contributed by atoms with Crippen LogP contribution in [0.4, 0.5) is 9.93 Å². The molecule has 0 aliphatic rings. The summed E-state index contributed by atoms with van der Waals surface area (Å²) in [5.74, 6) is 0.0327. The lowest BCUT2D eigenvalue weighted by molar-refractivity contribution is 0.252. The second-order valence-electron chi connectivity index (χ2n) is 5.33. The Hall–Kier alpha value is -2.90.